The van der Waals surface area contributed by atoms with Crippen molar-refractivity contribution in [3.8, 4) is 0 Å². The molecule has 156 valence electrons. The molecule has 12 heteroatoms. The van der Waals surface area contributed by atoms with Crippen LogP contribution < -0.4 is 10.5 Å². The number of nitrogens with one attached hydrogen (secondary N) is 1. The Kier molecular flexibility index (Phi) is 5.50. The van der Waals surface area contributed by atoms with Crippen molar-refractivity contribution < 1.29 is 31.1 Å². The molecule has 0 saturated heterocycles. The molecular formula is C17H15ClF3N3O4S. The second-order valence-electron chi connectivity index (χ2n) is 6.40. The molecule has 0 bridgehead atoms. The zero-order valence-corrected chi connectivity index (χ0v) is 16.2. The Bertz CT molecular complexity index is 1060. The number of benzene rings is 1. The van der Waals surface area contributed by atoms with Gasteiger partial charge >= 0.3 is 12.3 Å². The lowest BCUT2D eigenvalue weighted by atomic mass is 9.85. The number of carbonyl (C=O) groups excluding carboxylic acids is 1. The third kappa shape index (κ3) is 4.16. The van der Waals surface area contributed by atoms with Crippen LogP contribution in [0.5, 0.6) is 0 Å². The predicted octanol–water partition coefficient (Wildman–Crippen LogP) is 3.73. The lowest BCUT2D eigenvalue weighted by Crippen LogP contribution is -2.50. The molecule has 0 fully saturated rings. The van der Waals surface area contributed by atoms with Crippen molar-refractivity contribution >= 4 is 33.4 Å². The van der Waals surface area contributed by atoms with E-state index in [9.17, 15) is 26.4 Å². The van der Waals surface area contributed by atoms with Crippen molar-refractivity contribution in [3.63, 3.8) is 0 Å². The van der Waals surface area contributed by atoms with Crippen LogP contribution in [-0.2, 0) is 26.8 Å². The lowest BCUT2D eigenvalue weighted by Gasteiger charge is -2.39. The second-order valence-corrected chi connectivity index (χ2v) is 8.31. The number of amides is 1. The number of anilines is 1. The van der Waals surface area contributed by atoms with Crippen LogP contribution in [0.25, 0.3) is 0 Å². The summed E-state index contributed by atoms with van der Waals surface area (Å²) < 4.78 is 70.3. The number of hydrogen-bond donors (Lipinski definition) is 2. The highest BCUT2D eigenvalue weighted by molar-refractivity contribution is 7.89. The van der Waals surface area contributed by atoms with Crippen LogP contribution in [0, 0.1) is 0 Å². The highest BCUT2D eigenvalue weighted by atomic mass is 35.5. The van der Waals surface area contributed by atoms with E-state index in [2.05, 4.69) is 10.3 Å². The van der Waals surface area contributed by atoms with Gasteiger partial charge in [-0.1, -0.05) is 17.7 Å². The fourth-order valence-electron chi connectivity index (χ4n) is 3.24. The first kappa shape index (κ1) is 21.3. The number of nitrogens with zero attached hydrogens (tertiary/aromatic N) is 1. The number of nitrogens with two attached hydrogens (primary N) is 1. The van der Waals surface area contributed by atoms with Gasteiger partial charge in [-0.25, -0.2) is 23.3 Å². The third-order valence-electron chi connectivity index (χ3n) is 4.47. The van der Waals surface area contributed by atoms with Crippen molar-refractivity contribution in [2.75, 3.05) is 5.32 Å². The van der Waals surface area contributed by atoms with Crippen LogP contribution in [-0.4, -0.2) is 25.7 Å². The number of alkyl halides is 3. The maximum absolute atomic E-state index is 14.1. The Morgan fingerprint density at radius 1 is 1.28 bits per heavy atom. The fourth-order valence-corrected chi connectivity index (χ4v) is 4.16. The van der Waals surface area contributed by atoms with Crippen molar-refractivity contribution in [2.24, 2.45) is 5.14 Å². The first-order valence-corrected chi connectivity index (χ1v) is 10.2. The number of aryl methyl sites for hydroxylation is 1. The Morgan fingerprint density at radius 2 is 2.00 bits per heavy atom. The van der Waals surface area contributed by atoms with Crippen molar-refractivity contribution in [1.29, 1.82) is 0 Å². The molecule has 3 rings (SSSR count). The Balaban J connectivity index is 1.96. The molecule has 1 aliphatic rings. The smallest absolute Gasteiger partial charge is 0.428 e. The number of pyridine rings is 1. The Hall–Kier alpha value is -2.37. The number of primary sulfonamides is 1. The molecule has 1 aromatic carbocycles. The molecule has 0 aliphatic carbocycles. The highest BCUT2D eigenvalue weighted by Gasteiger charge is 2.61. The molecule has 1 amide bonds. The van der Waals surface area contributed by atoms with E-state index < -0.39 is 39.3 Å². The van der Waals surface area contributed by atoms with Crippen LogP contribution in [0.3, 0.4) is 0 Å². The van der Waals surface area contributed by atoms with Crippen LogP contribution in [0.2, 0.25) is 5.02 Å². The molecule has 1 unspecified atom stereocenters. The average molecular weight is 450 g/mol. The molecule has 1 atom stereocenters. The van der Waals surface area contributed by atoms with Crippen molar-refractivity contribution in [2.45, 2.75) is 36.1 Å². The van der Waals surface area contributed by atoms with Gasteiger partial charge in [0.15, 0.2) is 5.03 Å². The maximum Gasteiger partial charge on any atom is 0.432 e. The average Bonchev–Trinajstić information content (AvgIpc) is 2.60. The summed E-state index contributed by atoms with van der Waals surface area (Å²) in [4.78, 5) is 15.5. The van der Waals surface area contributed by atoms with Crippen molar-refractivity contribution in [3.05, 3.63) is 52.7 Å². The van der Waals surface area contributed by atoms with Crippen LogP contribution >= 0.6 is 11.6 Å². The summed E-state index contributed by atoms with van der Waals surface area (Å²) in [6, 6.07) is 6.55. The first-order valence-electron chi connectivity index (χ1n) is 8.27. The van der Waals surface area contributed by atoms with Crippen molar-refractivity contribution in [1.82, 2.24) is 4.98 Å². The van der Waals surface area contributed by atoms with Crippen LogP contribution in [0.1, 0.15) is 24.0 Å². The number of ether oxygens (including phenoxy) is 1. The maximum atomic E-state index is 14.1. The zero-order chi connectivity index (χ0) is 21.4. The van der Waals surface area contributed by atoms with E-state index in [1.807, 2.05) is 0 Å². The minimum absolute atomic E-state index is 0.0425. The summed E-state index contributed by atoms with van der Waals surface area (Å²) in [5.74, 6) is 0. The number of sulfonamides is 1. The van der Waals surface area contributed by atoms with E-state index in [0.717, 1.165) is 6.07 Å². The van der Waals surface area contributed by atoms with Gasteiger partial charge in [0.2, 0.25) is 5.60 Å². The molecule has 0 spiro atoms. The summed E-state index contributed by atoms with van der Waals surface area (Å²) in [7, 11) is -4.14. The number of hydrogen-bond acceptors (Lipinski definition) is 5. The van der Waals surface area contributed by atoms with Gasteiger partial charge in [0.1, 0.15) is 0 Å². The number of cyclic esters (lactones) is 1. The second kappa shape index (κ2) is 7.47. The highest BCUT2D eigenvalue weighted by Crippen LogP contribution is 2.51. The molecule has 29 heavy (non-hydrogen) atoms. The predicted molar refractivity (Wildman–Crippen MR) is 97.8 cm³/mol. The minimum atomic E-state index is -4.94. The number of fused-ring (bicyclic) bond motifs is 1. The fraction of sp³-hybridized carbons (Fsp3) is 0.294. The summed E-state index contributed by atoms with van der Waals surface area (Å²) >= 11 is 5.87. The van der Waals surface area contributed by atoms with E-state index in [4.69, 9.17) is 21.5 Å². The summed E-state index contributed by atoms with van der Waals surface area (Å²) in [6.07, 6.45) is -5.89. The SMILES string of the molecule is NS(=O)(=O)c1ncccc1CCCC1(C(F)(F)F)OC(=O)Nc2ccc(Cl)cc21. The number of aromatic nitrogens is 1. The van der Waals surface area contributed by atoms with E-state index in [0.29, 0.717) is 0 Å². The molecule has 2 aromatic rings. The minimum Gasteiger partial charge on any atom is -0.428 e. The molecule has 0 radical (unpaired) electrons. The number of halogens is 4. The van der Waals surface area contributed by atoms with E-state index >= 15 is 0 Å². The topological polar surface area (TPSA) is 111 Å². The van der Waals surface area contributed by atoms with Gasteiger partial charge in [0.25, 0.3) is 10.0 Å². The lowest BCUT2D eigenvalue weighted by molar-refractivity contribution is -0.267. The van der Waals surface area contributed by atoms with Gasteiger partial charge in [-0.15, -0.1) is 0 Å². The first-order chi connectivity index (χ1) is 13.4. The summed E-state index contributed by atoms with van der Waals surface area (Å²) in [6.45, 7) is 0. The zero-order valence-electron chi connectivity index (χ0n) is 14.7. The van der Waals surface area contributed by atoms with Crippen LogP contribution in [0.4, 0.5) is 23.7 Å². The Labute approximate surface area is 169 Å². The van der Waals surface area contributed by atoms with Gasteiger partial charge in [-0.05, 0) is 42.7 Å². The van der Waals surface area contributed by atoms with Gasteiger partial charge in [0, 0.05) is 23.2 Å². The van der Waals surface area contributed by atoms with E-state index in [1.165, 1.54) is 30.5 Å². The summed E-state index contributed by atoms with van der Waals surface area (Å²) in [5.41, 5.74) is -3.15. The van der Waals surface area contributed by atoms with Gasteiger partial charge in [-0.3, -0.25) is 5.32 Å². The van der Waals surface area contributed by atoms with Gasteiger partial charge in [-0.2, -0.15) is 13.2 Å². The van der Waals surface area contributed by atoms with E-state index in [-0.39, 0.29) is 34.7 Å². The normalized spacial score (nSPS) is 19.3. The standard InChI is InChI=1S/C17H15ClF3N3O4S/c18-11-5-6-13-12(9-11)16(17(19,20)21,28-15(25)24-13)7-1-3-10-4-2-8-23-14(10)29(22,26)27/h2,4-6,8-9H,1,3,7H2,(H,24,25)(H2,22,26,27). The van der Waals surface area contributed by atoms with E-state index in [1.54, 1.807) is 0 Å². The molecular weight excluding hydrogens is 435 g/mol. The third-order valence-corrected chi connectivity index (χ3v) is 5.61. The van der Waals surface area contributed by atoms with Gasteiger partial charge < -0.3 is 4.74 Å². The Morgan fingerprint density at radius 3 is 2.66 bits per heavy atom. The monoisotopic (exact) mass is 449 g/mol. The largest absolute Gasteiger partial charge is 0.432 e. The van der Waals surface area contributed by atoms with Gasteiger partial charge in [0.05, 0.1) is 5.69 Å². The molecule has 2 heterocycles. The molecule has 1 aromatic heterocycles. The molecule has 0 saturated carbocycles. The summed E-state index contributed by atoms with van der Waals surface area (Å²) in [5, 5.41) is 6.96. The molecule has 7 nitrogen and oxygen atoms in total. The number of rotatable bonds is 5. The molecule has 3 N–H and O–H groups in total. The quantitative estimate of drug-likeness (QED) is 0.722. The number of carbonyl (C=O) groups is 1. The molecule has 1 aliphatic heterocycles. The van der Waals surface area contributed by atoms with Crippen LogP contribution in [0.15, 0.2) is 41.6 Å².